The fourth-order valence-electron chi connectivity index (χ4n) is 2.28. The maximum Gasteiger partial charge on any atom is 0.339 e. The van der Waals surface area contributed by atoms with E-state index in [0.29, 0.717) is 17.9 Å². The number of anilines is 1. The predicted octanol–water partition coefficient (Wildman–Crippen LogP) is 2.15. The number of carbonyl (C=O) groups excluding carboxylic acids is 2. The van der Waals surface area contributed by atoms with Crippen LogP contribution in [-0.2, 0) is 14.3 Å². The van der Waals surface area contributed by atoms with E-state index in [1.165, 1.54) is 7.11 Å². The van der Waals surface area contributed by atoms with Crippen molar-refractivity contribution < 1.29 is 19.1 Å². The van der Waals surface area contributed by atoms with Gasteiger partial charge in [-0.15, -0.1) is 0 Å². The second-order valence-corrected chi connectivity index (χ2v) is 5.09. The third kappa shape index (κ3) is 2.99. The SMILES string of the molecule is COC(=O)c1cc(C)ccc1NC(=O)C1OCCC1C. The molecule has 2 unspecified atom stereocenters. The van der Waals surface area contributed by atoms with Crippen molar-refractivity contribution in [2.24, 2.45) is 5.92 Å². The Morgan fingerprint density at radius 3 is 2.75 bits per heavy atom. The van der Waals surface area contributed by atoms with Gasteiger partial charge >= 0.3 is 5.97 Å². The summed E-state index contributed by atoms with van der Waals surface area (Å²) in [7, 11) is 1.32. The summed E-state index contributed by atoms with van der Waals surface area (Å²) < 4.78 is 10.2. The van der Waals surface area contributed by atoms with Crippen molar-refractivity contribution >= 4 is 17.6 Å². The summed E-state index contributed by atoms with van der Waals surface area (Å²) in [4.78, 5) is 23.9. The first-order chi connectivity index (χ1) is 9.52. The molecule has 1 saturated heterocycles. The number of hydrogen-bond acceptors (Lipinski definition) is 4. The standard InChI is InChI=1S/C15H19NO4/c1-9-4-5-12(11(8-9)15(18)19-3)16-14(17)13-10(2)6-7-20-13/h4-5,8,10,13H,6-7H2,1-3H3,(H,16,17). The van der Waals surface area contributed by atoms with E-state index >= 15 is 0 Å². The Kier molecular flexibility index (Phi) is 4.39. The smallest absolute Gasteiger partial charge is 0.339 e. The molecule has 1 N–H and O–H groups in total. The van der Waals surface area contributed by atoms with Gasteiger partial charge in [0.05, 0.1) is 18.4 Å². The molecular weight excluding hydrogens is 258 g/mol. The molecule has 0 bridgehead atoms. The number of amides is 1. The van der Waals surface area contributed by atoms with E-state index in [1.54, 1.807) is 12.1 Å². The third-order valence-electron chi connectivity index (χ3n) is 3.48. The van der Waals surface area contributed by atoms with Crippen molar-refractivity contribution in [1.29, 1.82) is 0 Å². The van der Waals surface area contributed by atoms with Crippen LogP contribution in [0, 0.1) is 12.8 Å². The summed E-state index contributed by atoms with van der Waals surface area (Å²) in [6, 6.07) is 5.24. The Bertz CT molecular complexity index is 527. The van der Waals surface area contributed by atoms with Gasteiger partial charge in [-0.2, -0.15) is 0 Å². The van der Waals surface area contributed by atoms with Crippen LogP contribution >= 0.6 is 0 Å². The fraction of sp³-hybridized carbons (Fsp3) is 0.467. The first-order valence-electron chi connectivity index (χ1n) is 6.64. The highest BCUT2D eigenvalue weighted by Crippen LogP contribution is 2.23. The van der Waals surface area contributed by atoms with Gasteiger partial charge in [-0.1, -0.05) is 18.6 Å². The van der Waals surface area contributed by atoms with Crippen molar-refractivity contribution in [3.8, 4) is 0 Å². The quantitative estimate of drug-likeness (QED) is 0.860. The number of aryl methyl sites for hydroxylation is 1. The zero-order chi connectivity index (χ0) is 14.7. The number of carbonyl (C=O) groups is 2. The van der Waals surface area contributed by atoms with Crippen LogP contribution < -0.4 is 5.32 Å². The summed E-state index contributed by atoms with van der Waals surface area (Å²) in [6.45, 7) is 4.45. The number of ether oxygens (including phenoxy) is 2. The molecule has 0 saturated carbocycles. The first-order valence-corrected chi connectivity index (χ1v) is 6.64. The van der Waals surface area contributed by atoms with Crippen molar-refractivity contribution in [2.45, 2.75) is 26.4 Å². The minimum Gasteiger partial charge on any atom is -0.465 e. The van der Waals surface area contributed by atoms with Crippen molar-refractivity contribution in [2.75, 3.05) is 19.0 Å². The molecule has 0 spiro atoms. The van der Waals surface area contributed by atoms with Gasteiger partial charge in [-0.25, -0.2) is 4.79 Å². The summed E-state index contributed by atoms with van der Waals surface area (Å²) in [5.74, 6) is -0.504. The van der Waals surface area contributed by atoms with Crippen LogP contribution in [0.5, 0.6) is 0 Å². The van der Waals surface area contributed by atoms with E-state index in [9.17, 15) is 9.59 Å². The predicted molar refractivity (Wildman–Crippen MR) is 74.7 cm³/mol. The van der Waals surface area contributed by atoms with Gasteiger partial charge in [0.1, 0.15) is 6.10 Å². The Hall–Kier alpha value is -1.88. The highest BCUT2D eigenvalue weighted by Gasteiger charge is 2.31. The van der Waals surface area contributed by atoms with Gasteiger partial charge in [-0.05, 0) is 31.4 Å². The third-order valence-corrected chi connectivity index (χ3v) is 3.48. The van der Waals surface area contributed by atoms with Gasteiger partial charge < -0.3 is 14.8 Å². The van der Waals surface area contributed by atoms with Gasteiger partial charge in [0.2, 0.25) is 0 Å². The van der Waals surface area contributed by atoms with Gasteiger partial charge in [0.25, 0.3) is 5.91 Å². The molecule has 20 heavy (non-hydrogen) atoms. The monoisotopic (exact) mass is 277 g/mol. The van der Waals surface area contributed by atoms with Crippen LogP contribution in [0.1, 0.15) is 29.3 Å². The maximum absolute atomic E-state index is 12.2. The first kappa shape index (κ1) is 14.5. The van der Waals surface area contributed by atoms with E-state index in [0.717, 1.165) is 12.0 Å². The lowest BCUT2D eigenvalue weighted by atomic mass is 10.0. The van der Waals surface area contributed by atoms with E-state index in [1.807, 2.05) is 19.9 Å². The molecule has 2 rings (SSSR count). The van der Waals surface area contributed by atoms with Crippen molar-refractivity contribution in [3.05, 3.63) is 29.3 Å². The molecule has 1 aliphatic rings. The summed E-state index contributed by atoms with van der Waals surface area (Å²) >= 11 is 0. The number of esters is 1. The molecule has 1 aromatic carbocycles. The van der Waals surface area contributed by atoms with Crippen LogP contribution in [0.25, 0.3) is 0 Å². The van der Waals surface area contributed by atoms with E-state index in [-0.39, 0.29) is 11.8 Å². The Labute approximate surface area is 118 Å². The lowest BCUT2D eigenvalue weighted by Gasteiger charge is -2.16. The minimum absolute atomic E-state index is 0.182. The van der Waals surface area contributed by atoms with E-state index in [4.69, 9.17) is 9.47 Å². The fourth-order valence-corrected chi connectivity index (χ4v) is 2.28. The highest BCUT2D eigenvalue weighted by molar-refractivity contribution is 6.02. The average molecular weight is 277 g/mol. The second-order valence-electron chi connectivity index (χ2n) is 5.09. The number of benzene rings is 1. The molecule has 1 aromatic rings. The number of rotatable bonds is 3. The summed E-state index contributed by atoms with van der Waals surface area (Å²) in [6.07, 6.45) is 0.414. The van der Waals surface area contributed by atoms with E-state index < -0.39 is 12.1 Å². The molecule has 1 heterocycles. The van der Waals surface area contributed by atoms with E-state index in [2.05, 4.69) is 5.32 Å². The molecule has 2 atom stereocenters. The van der Waals surface area contributed by atoms with Gasteiger partial charge in [-0.3, -0.25) is 4.79 Å². The summed E-state index contributed by atoms with van der Waals surface area (Å²) in [5.41, 5.74) is 1.73. The molecule has 108 valence electrons. The molecule has 0 aromatic heterocycles. The molecule has 0 radical (unpaired) electrons. The molecule has 1 amide bonds. The number of methoxy groups -OCH3 is 1. The minimum atomic E-state index is -0.468. The lowest BCUT2D eigenvalue weighted by Crippen LogP contribution is -2.31. The molecule has 5 nitrogen and oxygen atoms in total. The van der Waals surface area contributed by atoms with Crippen LogP contribution in [0.2, 0.25) is 0 Å². The van der Waals surface area contributed by atoms with Crippen molar-refractivity contribution in [3.63, 3.8) is 0 Å². The van der Waals surface area contributed by atoms with Crippen LogP contribution in [0.4, 0.5) is 5.69 Å². The molecule has 1 fully saturated rings. The topological polar surface area (TPSA) is 64.6 Å². The zero-order valence-corrected chi connectivity index (χ0v) is 11.9. The summed E-state index contributed by atoms with van der Waals surface area (Å²) in [5, 5.41) is 2.76. The Balaban J connectivity index is 2.20. The molecule has 5 heteroatoms. The average Bonchev–Trinajstić information content (AvgIpc) is 2.86. The van der Waals surface area contributed by atoms with Crippen LogP contribution in [0.15, 0.2) is 18.2 Å². The van der Waals surface area contributed by atoms with Gasteiger partial charge in [0.15, 0.2) is 0 Å². The normalized spacial score (nSPS) is 21.6. The molecule has 0 aliphatic carbocycles. The maximum atomic E-state index is 12.2. The lowest BCUT2D eigenvalue weighted by molar-refractivity contribution is -0.126. The second kappa shape index (κ2) is 6.05. The Morgan fingerprint density at radius 1 is 1.40 bits per heavy atom. The van der Waals surface area contributed by atoms with Crippen molar-refractivity contribution in [1.82, 2.24) is 0 Å². The van der Waals surface area contributed by atoms with Crippen LogP contribution in [-0.4, -0.2) is 31.7 Å². The largest absolute Gasteiger partial charge is 0.465 e. The zero-order valence-electron chi connectivity index (χ0n) is 11.9. The number of hydrogen-bond donors (Lipinski definition) is 1. The Morgan fingerprint density at radius 2 is 2.15 bits per heavy atom. The number of nitrogens with one attached hydrogen (secondary N) is 1. The highest BCUT2D eigenvalue weighted by atomic mass is 16.5. The molecular formula is C15H19NO4. The van der Waals surface area contributed by atoms with Gasteiger partial charge in [0, 0.05) is 6.61 Å². The molecule has 1 aliphatic heterocycles. The van der Waals surface area contributed by atoms with Crippen LogP contribution in [0.3, 0.4) is 0 Å².